The third-order valence-electron chi connectivity index (χ3n) is 2.22. The van der Waals surface area contributed by atoms with Gasteiger partial charge in [-0.3, -0.25) is 19.9 Å². The highest BCUT2D eigenvalue weighted by atomic mass is 19.1. The first-order valence-electron chi connectivity index (χ1n) is 5.12. The van der Waals surface area contributed by atoms with Gasteiger partial charge in [0.1, 0.15) is 11.5 Å². The summed E-state index contributed by atoms with van der Waals surface area (Å²) in [6, 6.07) is 4.57. The summed E-state index contributed by atoms with van der Waals surface area (Å²) in [5.41, 5.74) is -0.327. The topological polar surface area (TPSA) is 82.3 Å². The number of halogens is 1. The van der Waals surface area contributed by atoms with Gasteiger partial charge in [-0.2, -0.15) is 4.39 Å². The van der Waals surface area contributed by atoms with E-state index in [1.807, 2.05) is 0 Å². The molecule has 1 heterocycles. The van der Waals surface area contributed by atoms with Crippen LogP contribution < -0.4 is 4.74 Å². The number of carbonyl (C=O) groups excluding carboxylic acids is 1. The SMILES string of the molecule is O=Cc1cncc(Oc2ccc([N+](=O)[O-])c(F)c2)c1. The predicted octanol–water partition coefficient (Wildman–Crippen LogP) is 2.73. The van der Waals surface area contributed by atoms with Crippen molar-refractivity contribution in [2.24, 2.45) is 0 Å². The zero-order valence-electron chi connectivity index (χ0n) is 9.45. The maximum Gasteiger partial charge on any atom is 0.305 e. The lowest BCUT2D eigenvalue weighted by Gasteiger charge is -2.05. The van der Waals surface area contributed by atoms with Gasteiger partial charge in [0.15, 0.2) is 6.29 Å². The molecule has 0 unspecified atom stereocenters. The van der Waals surface area contributed by atoms with Crippen LogP contribution in [-0.4, -0.2) is 16.2 Å². The largest absolute Gasteiger partial charge is 0.456 e. The Morgan fingerprint density at radius 1 is 1.26 bits per heavy atom. The summed E-state index contributed by atoms with van der Waals surface area (Å²) in [4.78, 5) is 23.9. The van der Waals surface area contributed by atoms with Crippen molar-refractivity contribution in [2.75, 3.05) is 0 Å². The monoisotopic (exact) mass is 262 g/mol. The number of aldehydes is 1. The summed E-state index contributed by atoms with van der Waals surface area (Å²) in [5, 5.41) is 10.5. The molecule has 0 bridgehead atoms. The van der Waals surface area contributed by atoms with Crippen molar-refractivity contribution in [3.8, 4) is 11.5 Å². The summed E-state index contributed by atoms with van der Waals surface area (Å²) in [7, 11) is 0. The van der Waals surface area contributed by atoms with Crippen LogP contribution in [-0.2, 0) is 0 Å². The Labute approximate surface area is 106 Å². The zero-order valence-corrected chi connectivity index (χ0v) is 9.45. The van der Waals surface area contributed by atoms with E-state index in [1.165, 1.54) is 24.5 Å². The van der Waals surface area contributed by atoms with Crippen molar-refractivity contribution in [1.82, 2.24) is 4.98 Å². The molecule has 0 saturated carbocycles. The van der Waals surface area contributed by atoms with Gasteiger partial charge in [0, 0.05) is 23.9 Å². The second-order valence-electron chi connectivity index (χ2n) is 3.54. The van der Waals surface area contributed by atoms with E-state index in [4.69, 9.17) is 4.74 Å². The highest BCUT2D eigenvalue weighted by molar-refractivity contribution is 5.74. The number of carbonyl (C=O) groups is 1. The van der Waals surface area contributed by atoms with Crippen LogP contribution >= 0.6 is 0 Å². The Balaban J connectivity index is 2.26. The van der Waals surface area contributed by atoms with E-state index in [-0.39, 0.29) is 11.5 Å². The minimum atomic E-state index is -0.998. The molecule has 0 N–H and O–H groups in total. The molecule has 0 aliphatic rings. The summed E-state index contributed by atoms with van der Waals surface area (Å²) in [6.07, 6.45) is 3.28. The fourth-order valence-corrected chi connectivity index (χ4v) is 1.39. The molecule has 0 spiro atoms. The Hall–Kier alpha value is -2.83. The fourth-order valence-electron chi connectivity index (χ4n) is 1.39. The zero-order chi connectivity index (χ0) is 13.8. The highest BCUT2D eigenvalue weighted by Gasteiger charge is 2.14. The molecule has 1 aromatic carbocycles. The summed E-state index contributed by atoms with van der Waals surface area (Å²) in [5.74, 6) is -0.687. The smallest absolute Gasteiger partial charge is 0.305 e. The molecule has 19 heavy (non-hydrogen) atoms. The predicted molar refractivity (Wildman–Crippen MR) is 62.8 cm³/mol. The van der Waals surface area contributed by atoms with E-state index in [9.17, 15) is 19.3 Å². The molecule has 2 rings (SSSR count). The van der Waals surface area contributed by atoms with Gasteiger partial charge in [-0.05, 0) is 12.1 Å². The number of nitrogens with zero attached hydrogens (tertiary/aromatic N) is 2. The Morgan fingerprint density at radius 3 is 2.68 bits per heavy atom. The Kier molecular flexibility index (Phi) is 3.46. The van der Waals surface area contributed by atoms with Crippen molar-refractivity contribution in [3.63, 3.8) is 0 Å². The van der Waals surface area contributed by atoms with Crippen LogP contribution in [0.2, 0.25) is 0 Å². The van der Waals surface area contributed by atoms with Gasteiger partial charge >= 0.3 is 5.69 Å². The van der Waals surface area contributed by atoms with Crippen LogP contribution in [0.1, 0.15) is 10.4 Å². The fraction of sp³-hybridized carbons (Fsp3) is 0. The van der Waals surface area contributed by atoms with Crippen molar-refractivity contribution < 1.29 is 18.8 Å². The lowest BCUT2D eigenvalue weighted by atomic mass is 10.3. The molecule has 2 aromatic rings. The molecule has 96 valence electrons. The Bertz CT molecular complexity index is 645. The first-order chi connectivity index (χ1) is 9.10. The number of hydrogen-bond acceptors (Lipinski definition) is 5. The van der Waals surface area contributed by atoms with Crippen LogP contribution in [0.4, 0.5) is 10.1 Å². The molecular weight excluding hydrogens is 255 g/mol. The van der Waals surface area contributed by atoms with Gasteiger partial charge in [0.05, 0.1) is 11.1 Å². The normalized spacial score (nSPS) is 9.95. The van der Waals surface area contributed by atoms with Crippen molar-refractivity contribution in [3.05, 3.63) is 58.2 Å². The van der Waals surface area contributed by atoms with E-state index in [0.717, 1.165) is 12.1 Å². The number of nitro benzene ring substituents is 1. The maximum atomic E-state index is 13.4. The molecule has 0 aliphatic carbocycles. The molecule has 0 saturated heterocycles. The standard InChI is InChI=1S/C12H7FN2O4/c13-11-4-9(1-2-12(11)15(17)18)19-10-3-8(7-16)5-14-6-10/h1-7H. The van der Waals surface area contributed by atoms with Crippen LogP contribution in [0.5, 0.6) is 11.5 Å². The molecule has 0 fully saturated rings. The lowest BCUT2D eigenvalue weighted by molar-refractivity contribution is -0.387. The van der Waals surface area contributed by atoms with Crippen molar-refractivity contribution in [1.29, 1.82) is 0 Å². The van der Waals surface area contributed by atoms with Crippen LogP contribution in [0, 0.1) is 15.9 Å². The maximum absolute atomic E-state index is 13.4. The first-order valence-corrected chi connectivity index (χ1v) is 5.12. The second kappa shape index (κ2) is 5.21. The summed E-state index contributed by atoms with van der Waals surface area (Å²) < 4.78 is 18.6. The molecule has 0 radical (unpaired) electrons. The average Bonchev–Trinajstić information content (AvgIpc) is 2.38. The number of rotatable bonds is 4. The molecular formula is C12H7FN2O4. The highest BCUT2D eigenvalue weighted by Crippen LogP contribution is 2.26. The number of pyridine rings is 1. The molecule has 6 nitrogen and oxygen atoms in total. The third-order valence-corrected chi connectivity index (χ3v) is 2.22. The second-order valence-corrected chi connectivity index (χ2v) is 3.54. The van der Waals surface area contributed by atoms with Gasteiger partial charge in [-0.1, -0.05) is 0 Å². The van der Waals surface area contributed by atoms with Crippen molar-refractivity contribution >= 4 is 12.0 Å². The number of benzene rings is 1. The molecule has 0 atom stereocenters. The lowest BCUT2D eigenvalue weighted by Crippen LogP contribution is -1.94. The van der Waals surface area contributed by atoms with Gasteiger partial charge in [0.25, 0.3) is 0 Å². The molecule has 7 heteroatoms. The van der Waals surface area contributed by atoms with Gasteiger partial charge in [-0.15, -0.1) is 0 Å². The minimum Gasteiger partial charge on any atom is -0.456 e. The third kappa shape index (κ3) is 2.89. The average molecular weight is 262 g/mol. The number of hydrogen-bond donors (Lipinski definition) is 0. The van der Waals surface area contributed by atoms with Crippen molar-refractivity contribution in [2.45, 2.75) is 0 Å². The summed E-state index contributed by atoms with van der Waals surface area (Å²) in [6.45, 7) is 0. The van der Waals surface area contributed by atoms with Crippen LogP contribution in [0.25, 0.3) is 0 Å². The molecule has 1 aromatic heterocycles. The van der Waals surface area contributed by atoms with E-state index in [2.05, 4.69) is 4.98 Å². The minimum absolute atomic E-state index is 0.0768. The van der Waals surface area contributed by atoms with Gasteiger partial charge < -0.3 is 4.74 Å². The van der Waals surface area contributed by atoms with Gasteiger partial charge in [-0.25, -0.2) is 0 Å². The number of aromatic nitrogens is 1. The quantitative estimate of drug-likeness (QED) is 0.480. The number of nitro groups is 1. The molecule has 0 aliphatic heterocycles. The van der Waals surface area contributed by atoms with Gasteiger partial charge in [0.2, 0.25) is 5.82 Å². The first kappa shape index (κ1) is 12.6. The van der Waals surface area contributed by atoms with E-state index >= 15 is 0 Å². The summed E-state index contributed by atoms with van der Waals surface area (Å²) >= 11 is 0. The van der Waals surface area contributed by atoms with E-state index in [0.29, 0.717) is 11.8 Å². The number of ether oxygens (including phenoxy) is 1. The van der Waals surface area contributed by atoms with E-state index in [1.54, 1.807) is 0 Å². The van der Waals surface area contributed by atoms with E-state index < -0.39 is 16.4 Å². The molecule has 0 amide bonds. The van der Waals surface area contributed by atoms with Crippen LogP contribution in [0.3, 0.4) is 0 Å². The Morgan fingerprint density at radius 2 is 2.05 bits per heavy atom. The van der Waals surface area contributed by atoms with Crippen LogP contribution in [0.15, 0.2) is 36.7 Å².